The van der Waals surface area contributed by atoms with E-state index < -0.39 is 68.6 Å². The third-order valence-electron chi connectivity index (χ3n) is 10.5. The number of hydrogen-bond donors (Lipinski definition) is 0. The van der Waals surface area contributed by atoms with Crippen LogP contribution in [0.1, 0.15) is 57.4 Å². The van der Waals surface area contributed by atoms with Gasteiger partial charge in [0.25, 0.3) is 8.32 Å². The summed E-state index contributed by atoms with van der Waals surface area (Å²) in [5.41, 5.74) is 1.74. The van der Waals surface area contributed by atoms with Crippen LogP contribution in [-0.4, -0.2) is 63.5 Å². The second-order valence-corrected chi connectivity index (χ2v) is 19.8. The minimum absolute atomic E-state index is 0.121. The molecule has 306 valence electrons. The Morgan fingerprint density at radius 2 is 1.00 bits per heavy atom. The molecule has 7 rings (SSSR count). The van der Waals surface area contributed by atoms with Gasteiger partial charge in [-0.25, -0.2) is 14.4 Å². The van der Waals surface area contributed by atoms with Crippen molar-refractivity contribution in [2.75, 3.05) is 6.61 Å². The second kappa shape index (κ2) is 19.3. The minimum Gasteiger partial charge on any atom is -0.458 e. The van der Waals surface area contributed by atoms with Crippen LogP contribution in [0, 0.1) is 0 Å². The van der Waals surface area contributed by atoms with Gasteiger partial charge in [-0.15, -0.1) is 0 Å². The molecule has 9 nitrogen and oxygen atoms in total. The van der Waals surface area contributed by atoms with E-state index in [-0.39, 0.29) is 12.2 Å². The number of benzene rings is 6. The normalized spacial score (nSPS) is 18.2. The molecule has 5 atom stereocenters. The molecule has 1 saturated heterocycles. The molecule has 0 saturated carbocycles. The lowest BCUT2D eigenvalue weighted by Gasteiger charge is -2.45. The molecule has 0 N–H and O–H groups in total. The Balaban J connectivity index is 1.37. The fraction of sp³-hybridized carbons (Fsp3) is 0.220. The zero-order chi connectivity index (χ0) is 42.0. The molecule has 1 heterocycles. The number of esters is 3. The SMILES string of the molecule is CC(C)(C)[Si](O[C@H]1[C@@H](OCc2ccccc2)O[C@@H]([C@@H](COC(=O)c2ccccc2)OC(=O)c2ccccc2)[C@@H]1OC(=O)c1ccccc1)(c1ccccc1)c1ccccc1. The van der Waals surface area contributed by atoms with Crippen molar-refractivity contribution in [1.82, 2.24) is 0 Å². The van der Waals surface area contributed by atoms with Gasteiger partial charge in [-0.1, -0.05) is 166 Å². The largest absolute Gasteiger partial charge is 0.458 e. The van der Waals surface area contributed by atoms with Crippen LogP contribution in [0.5, 0.6) is 0 Å². The number of ether oxygens (including phenoxy) is 5. The van der Waals surface area contributed by atoms with Crippen LogP contribution in [0.15, 0.2) is 182 Å². The number of carbonyl (C=O) groups is 3. The monoisotopic (exact) mass is 820 g/mol. The van der Waals surface area contributed by atoms with Crippen molar-refractivity contribution in [2.45, 2.75) is 63.1 Å². The van der Waals surface area contributed by atoms with Gasteiger partial charge < -0.3 is 28.1 Å². The van der Waals surface area contributed by atoms with Crippen LogP contribution in [-0.2, 0) is 34.7 Å². The molecule has 0 unspecified atom stereocenters. The second-order valence-electron chi connectivity index (χ2n) is 15.5. The Hall–Kier alpha value is -6.17. The smallest absolute Gasteiger partial charge is 0.338 e. The van der Waals surface area contributed by atoms with E-state index in [4.69, 9.17) is 28.1 Å². The molecular weight excluding hydrogens is 773 g/mol. The molecule has 0 aliphatic carbocycles. The first-order valence-corrected chi connectivity index (χ1v) is 21.9. The van der Waals surface area contributed by atoms with Gasteiger partial charge in [0, 0.05) is 0 Å². The Kier molecular flexibility index (Phi) is 13.5. The predicted molar refractivity (Wildman–Crippen MR) is 230 cm³/mol. The molecule has 0 radical (unpaired) electrons. The van der Waals surface area contributed by atoms with Crippen molar-refractivity contribution in [3.63, 3.8) is 0 Å². The third-order valence-corrected chi connectivity index (χ3v) is 15.5. The molecule has 0 spiro atoms. The van der Waals surface area contributed by atoms with Crippen LogP contribution >= 0.6 is 0 Å². The lowest BCUT2D eigenvalue weighted by atomic mass is 10.1. The Labute approximate surface area is 351 Å². The number of hydrogen-bond acceptors (Lipinski definition) is 9. The predicted octanol–water partition coefficient (Wildman–Crippen LogP) is 8.18. The first kappa shape index (κ1) is 42.0. The zero-order valence-corrected chi connectivity index (χ0v) is 34.8. The van der Waals surface area contributed by atoms with E-state index in [0.29, 0.717) is 11.1 Å². The van der Waals surface area contributed by atoms with Crippen LogP contribution in [0.25, 0.3) is 0 Å². The van der Waals surface area contributed by atoms with Crippen molar-refractivity contribution in [3.05, 3.63) is 204 Å². The van der Waals surface area contributed by atoms with Gasteiger partial charge in [0.2, 0.25) is 0 Å². The summed E-state index contributed by atoms with van der Waals surface area (Å²) in [5, 5.41) is 1.45. The van der Waals surface area contributed by atoms with Crippen molar-refractivity contribution in [1.29, 1.82) is 0 Å². The Morgan fingerprint density at radius 3 is 1.48 bits per heavy atom. The first-order valence-electron chi connectivity index (χ1n) is 20.0. The maximum absolute atomic E-state index is 14.2. The fourth-order valence-corrected chi connectivity index (χ4v) is 12.2. The van der Waals surface area contributed by atoms with Crippen LogP contribution < -0.4 is 10.4 Å². The molecule has 1 fully saturated rings. The average Bonchev–Trinajstić information content (AvgIpc) is 3.62. The standard InChI is InChI=1S/C50H48O9Si/c1-50(2,3)60(40-30-18-8-19-31-40,41-32-20-9-21-33-41)59-45-44(57-48(53)39-28-16-7-17-29-39)43(58-49(45)55-34-36-22-10-4-11-23-36)42(56-47(52)38-26-14-6-15-27-38)35-54-46(51)37-24-12-5-13-25-37/h4-33,42-45,49H,34-35H2,1-3H3/t42-,43+,44+,45-,49+/m1/s1. The maximum atomic E-state index is 14.2. The first-order chi connectivity index (χ1) is 29.1. The summed E-state index contributed by atoms with van der Waals surface area (Å²) in [6, 6.07) is 55.3. The summed E-state index contributed by atoms with van der Waals surface area (Å²) in [4.78, 5) is 41.6. The fourth-order valence-electron chi connectivity index (χ4n) is 7.55. The highest BCUT2D eigenvalue weighted by molar-refractivity contribution is 6.99. The summed E-state index contributed by atoms with van der Waals surface area (Å²) in [6.07, 6.45) is -6.02. The van der Waals surface area contributed by atoms with E-state index >= 15 is 0 Å². The maximum Gasteiger partial charge on any atom is 0.338 e. The summed E-state index contributed by atoms with van der Waals surface area (Å²) in [7, 11) is -3.41. The molecule has 60 heavy (non-hydrogen) atoms. The van der Waals surface area contributed by atoms with E-state index in [2.05, 4.69) is 45.0 Å². The molecule has 1 aliphatic rings. The van der Waals surface area contributed by atoms with E-state index in [0.717, 1.165) is 15.9 Å². The van der Waals surface area contributed by atoms with Gasteiger partial charge in [-0.2, -0.15) is 0 Å². The minimum atomic E-state index is -3.41. The van der Waals surface area contributed by atoms with Crippen molar-refractivity contribution in [2.24, 2.45) is 0 Å². The molecular formula is C50H48O9Si. The molecule has 0 amide bonds. The van der Waals surface area contributed by atoms with Crippen molar-refractivity contribution >= 4 is 36.6 Å². The summed E-state index contributed by atoms with van der Waals surface area (Å²) in [5.74, 6) is -1.97. The summed E-state index contributed by atoms with van der Waals surface area (Å²) in [6.45, 7) is 6.11. The summed E-state index contributed by atoms with van der Waals surface area (Å²) < 4.78 is 39.8. The molecule has 0 aromatic heterocycles. The third kappa shape index (κ3) is 9.64. The number of rotatable bonds is 15. The Bertz CT molecular complexity index is 2250. The highest BCUT2D eigenvalue weighted by Gasteiger charge is 2.59. The molecule has 10 heteroatoms. The van der Waals surface area contributed by atoms with E-state index in [1.165, 1.54) is 0 Å². The molecule has 0 bridgehead atoms. The van der Waals surface area contributed by atoms with Gasteiger partial charge >= 0.3 is 17.9 Å². The quantitative estimate of drug-likeness (QED) is 0.0576. The lowest BCUT2D eigenvalue weighted by molar-refractivity contribution is -0.184. The van der Waals surface area contributed by atoms with Gasteiger partial charge in [0.1, 0.15) is 18.8 Å². The highest BCUT2D eigenvalue weighted by atomic mass is 28.4. The zero-order valence-electron chi connectivity index (χ0n) is 33.8. The molecule has 6 aromatic carbocycles. The van der Waals surface area contributed by atoms with Crippen LogP contribution in [0.3, 0.4) is 0 Å². The van der Waals surface area contributed by atoms with Gasteiger partial charge in [0.15, 0.2) is 18.5 Å². The van der Waals surface area contributed by atoms with E-state index in [1.54, 1.807) is 91.0 Å². The van der Waals surface area contributed by atoms with Gasteiger partial charge in [-0.3, -0.25) is 0 Å². The van der Waals surface area contributed by atoms with Crippen molar-refractivity contribution in [3.8, 4) is 0 Å². The van der Waals surface area contributed by atoms with Crippen LogP contribution in [0.4, 0.5) is 0 Å². The molecule has 1 aliphatic heterocycles. The van der Waals surface area contributed by atoms with Gasteiger partial charge in [0.05, 0.1) is 23.3 Å². The lowest BCUT2D eigenvalue weighted by Crippen LogP contribution is -2.69. The van der Waals surface area contributed by atoms with E-state index in [9.17, 15) is 14.4 Å². The average molecular weight is 821 g/mol. The molecule has 6 aromatic rings. The topological polar surface area (TPSA) is 107 Å². The van der Waals surface area contributed by atoms with Crippen LogP contribution in [0.2, 0.25) is 5.04 Å². The number of carbonyl (C=O) groups excluding carboxylic acids is 3. The summed E-state index contributed by atoms with van der Waals surface area (Å²) >= 11 is 0. The highest BCUT2D eigenvalue weighted by Crippen LogP contribution is 2.42. The van der Waals surface area contributed by atoms with E-state index in [1.807, 2.05) is 66.7 Å². The van der Waals surface area contributed by atoms with Crippen molar-refractivity contribution < 1.29 is 42.5 Å². The van der Waals surface area contributed by atoms with Gasteiger partial charge in [-0.05, 0) is 57.4 Å². The Morgan fingerprint density at radius 1 is 0.567 bits per heavy atom.